The number of aromatic amines is 1. The van der Waals surface area contributed by atoms with Gasteiger partial charge in [-0.1, -0.05) is 30.3 Å². The minimum Gasteiger partial charge on any atom is -0.491 e. The topological polar surface area (TPSA) is 66.1 Å². The van der Waals surface area contributed by atoms with E-state index in [9.17, 15) is 0 Å². The molecule has 0 bridgehead atoms. The molecule has 0 saturated carbocycles. The summed E-state index contributed by atoms with van der Waals surface area (Å²) in [5, 5.41) is 4.41. The molecule has 6 rings (SSSR count). The highest BCUT2D eigenvalue weighted by Gasteiger charge is 2.18. The second kappa shape index (κ2) is 8.13. The maximum Gasteiger partial charge on any atom is 0.201 e. The summed E-state index contributed by atoms with van der Waals surface area (Å²) in [6.07, 6.45) is 1.89. The number of para-hydroxylation sites is 1. The van der Waals surface area contributed by atoms with Crippen molar-refractivity contribution >= 4 is 33.6 Å². The van der Waals surface area contributed by atoms with Crippen LogP contribution in [0.4, 0.5) is 11.6 Å². The van der Waals surface area contributed by atoms with E-state index >= 15 is 0 Å². The normalized spacial score (nSPS) is 13.5. The third-order valence-electron chi connectivity index (χ3n) is 6.17. The summed E-state index contributed by atoms with van der Waals surface area (Å²) in [4.78, 5) is 14.9. The van der Waals surface area contributed by atoms with Gasteiger partial charge in [-0.3, -0.25) is 4.98 Å². The number of H-pyrrole nitrogens is 1. The number of benzene rings is 3. The molecule has 3 heterocycles. The summed E-state index contributed by atoms with van der Waals surface area (Å²) in [5.74, 6) is 1.76. The van der Waals surface area contributed by atoms with Gasteiger partial charge in [0.15, 0.2) is 0 Å². The number of anilines is 2. The molecule has 5 aromatic rings. The van der Waals surface area contributed by atoms with Crippen LogP contribution in [0.15, 0.2) is 72.9 Å². The van der Waals surface area contributed by atoms with Gasteiger partial charge in [-0.05, 0) is 54.4 Å². The molecule has 3 aromatic carbocycles. The first-order chi connectivity index (χ1) is 16.3. The predicted molar refractivity (Wildman–Crippen MR) is 134 cm³/mol. The van der Waals surface area contributed by atoms with Gasteiger partial charge in [0.2, 0.25) is 5.95 Å². The average Bonchev–Trinajstić information content (AvgIpc) is 3.13. The summed E-state index contributed by atoms with van der Waals surface area (Å²) in [7, 11) is 0. The lowest BCUT2D eigenvalue weighted by atomic mass is 10.0. The number of fused-ring (bicyclic) bond motifs is 3. The van der Waals surface area contributed by atoms with Gasteiger partial charge in [-0.25, -0.2) is 4.98 Å². The van der Waals surface area contributed by atoms with Gasteiger partial charge in [-0.15, -0.1) is 0 Å². The molecule has 33 heavy (non-hydrogen) atoms. The molecular formula is C27H25N5O. The summed E-state index contributed by atoms with van der Waals surface area (Å²) in [6, 6.07) is 23.3. The third kappa shape index (κ3) is 3.63. The van der Waals surface area contributed by atoms with Crippen molar-refractivity contribution in [3.8, 4) is 16.9 Å². The van der Waals surface area contributed by atoms with Crippen molar-refractivity contribution in [1.29, 1.82) is 0 Å². The molecule has 1 aliphatic rings. The molecular weight excluding hydrogens is 410 g/mol. The minimum absolute atomic E-state index is 0.649. The molecule has 0 radical (unpaired) electrons. The molecule has 0 spiro atoms. The van der Waals surface area contributed by atoms with Crippen molar-refractivity contribution in [2.24, 2.45) is 0 Å². The fourth-order valence-corrected chi connectivity index (χ4v) is 4.58. The number of ether oxygens (including phenoxy) is 1. The zero-order valence-corrected chi connectivity index (χ0v) is 18.5. The zero-order valence-electron chi connectivity index (χ0n) is 18.5. The number of pyridine rings is 1. The van der Waals surface area contributed by atoms with Crippen LogP contribution in [0.25, 0.3) is 33.1 Å². The van der Waals surface area contributed by atoms with Crippen LogP contribution in [0.3, 0.4) is 0 Å². The van der Waals surface area contributed by atoms with Crippen LogP contribution in [0.2, 0.25) is 0 Å². The van der Waals surface area contributed by atoms with E-state index in [4.69, 9.17) is 4.74 Å². The number of nitrogens with zero attached hydrogens (tertiary/aromatic N) is 3. The lowest BCUT2D eigenvalue weighted by Gasteiger charge is -2.23. The Hall–Kier alpha value is -4.06. The van der Waals surface area contributed by atoms with E-state index in [0.29, 0.717) is 6.61 Å². The number of rotatable bonds is 4. The van der Waals surface area contributed by atoms with Crippen LogP contribution in [0.5, 0.6) is 5.75 Å². The van der Waals surface area contributed by atoms with Crippen LogP contribution in [0, 0.1) is 0 Å². The Morgan fingerprint density at radius 3 is 2.82 bits per heavy atom. The largest absolute Gasteiger partial charge is 0.491 e. The third-order valence-corrected chi connectivity index (χ3v) is 6.17. The standard InChI is InChI=1S/C27H25N5O/c1-2-28-27-30-23-9-7-19(16-24(23)31-27)18-8-10-26-20(15-18)17-32(13-14-33-26)25-11-12-29-22-6-4-3-5-21(22)25/h3-12,15-16H,2,13-14,17H2,1H3,(H2,28,30,31). The minimum atomic E-state index is 0.649. The van der Waals surface area contributed by atoms with Crippen molar-refractivity contribution < 1.29 is 4.74 Å². The van der Waals surface area contributed by atoms with E-state index < -0.39 is 0 Å². The fraction of sp³-hybridized carbons (Fsp3) is 0.185. The first-order valence-corrected chi connectivity index (χ1v) is 11.4. The summed E-state index contributed by atoms with van der Waals surface area (Å²) >= 11 is 0. The Balaban J connectivity index is 1.36. The van der Waals surface area contributed by atoms with Crippen molar-refractivity contribution in [2.75, 3.05) is 29.9 Å². The maximum atomic E-state index is 6.12. The molecule has 0 saturated heterocycles. The van der Waals surface area contributed by atoms with E-state index in [1.165, 1.54) is 22.2 Å². The van der Waals surface area contributed by atoms with E-state index in [1.54, 1.807) is 0 Å². The number of hydrogen-bond acceptors (Lipinski definition) is 5. The quantitative estimate of drug-likeness (QED) is 0.384. The summed E-state index contributed by atoms with van der Waals surface area (Å²) in [5.41, 5.74) is 7.70. The summed E-state index contributed by atoms with van der Waals surface area (Å²) < 4.78 is 6.12. The molecule has 164 valence electrons. The lowest BCUT2D eigenvalue weighted by Crippen LogP contribution is -2.25. The van der Waals surface area contributed by atoms with Crippen molar-refractivity contribution in [3.05, 3.63) is 78.5 Å². The molecule has 6 heteroatoms. The van der Waals surface area contributed by atoms with E-state index in [1.807, 2.05) is 12.3 Å². The molecule has 1 aliphatic heterocycles. The first kappa shape index (κ1) is 19.6. The highest BCUT2D eigenvalue weighted by Crippen LogP contribution is 2.33. The molecule has 0 atom stereocenters. The molecule has 0 amide bonds. The van der Waals surface area contributed by atoms with E-state index in [-0.39, 0.29) is 0 Å². The van der Waals surface area contributed by atoms with E-state index in [2.05, 4.69) is 92.8 Å². The highest BCUT2D eigenvalue weighted by atomic mass is 16.5. The molecule has 0 fully saturated rings. The van der Waals surface area contributed by atoms with Crippen LogP contribution < -0.4 is 15.0 Å². The molecule has 0 aliphatic carbocycles. The SMILES string of the molecule is CCNc1nc2ccc(-c3ccc4c(c3)CN(c3ccnc5ccccc35)CCO4)cc2[nH]1. The Labute approximate surface area is 192 Å². The van der Waals surface area contributed by atoms with E-state index in [0.717, 1.165) is 53.4 Å². The highest BCUT2D eigenvalue weighted by molar-refractivity contribution is 5.91. The monoisotopic (exact) mass is 435 g/mol. The van der Waals surface area contributed by atoms with Crippen LogP contribution in [-0.2, 0) is 6.54 Å². The van der Waals surface area contributed by atoms with Crippen LogP contribution in [-0.4, -0.2) is 34.6 Å². The average molecular weight is 436 g/mol. The van der Waals surface area contributed by atoms with Crippen LogP contribution in [0.1, 0.15) is 12.5 Å². The van der Waals surface area contributed by atoms with Gasteiger partial charge in [0, 0.05) is 35.9 Å². The number of aromatic nitrogens is 3. The van der Waals surface area contributed by atoms with Crippen molar-refractivity contribution in [3.63, 3.8) is 0 Å². The maximum absolute atomic E-state index is 6.12. The Morgan fingerprint density at radius 1 is 1.00 bits per heavy atom. The Bertz CT molecular complexity index is 1450. The summed E-state index contributed by atoms with van der Waals surface area (Å²) in [6.45, 7) is 5.16. The lowest BCUT2D eigenvalue weighted by molar-refractivity contribution is 0.332. The second-order valence-electron chi connectivity index (χ2n) is 8.29. The number of hydrogen-bond donors (Lipinski definition) is 2. The van der Waals surface area contributed by atoms with Gasteiger partial charge in [-0.2, -0.15) is 0 Å². The smallest absolute Gasteiger partial charge is 0.201 e. The Kier molecular flexibility index (Phi) is 4.83. The van der Waals surface area contributed by atoms with Gasteiger partial charge in [0.05, 0.1) is 23.1 Å². The van der Waals surface area contributed by atoms with Gasteiger partial charge >= 0.3 is 0 Å². The molecule has 2 N–H and O–H groups in total. The van der Waals surface area contributed by atoms with Crippen LogP contribution >= 0.6 is 0 Å². The molecule has 2 aromatic heterocycles. The first-order valence-electron chi connectivity index (χ1n) is 11.4. The second-order valence-corrected chi connectivity index (χ2v) is 8.29. The Morgan fingerprint density at radius 2 is 1.88 bits per heavy atom. The molecule has 0 unspecified atom stereocenters. The van der Waals surface area contributed by atoms with Crippen molar-refractivity contribution in [1.82, 2.24) is 15.0 Å². The predicted octanol–water partition coefficient (Wildman–Crippen LogP) is 5.61. The van der Waals surface area contributed by atoms with Gasteiger partial charge in [0.1, 0.15) is 12.4 Å². The zero-order chi connectivity index (χ0) is 22.2. The number of nitrogens with one attached hydrogen (secondary N) is 2. The fourth-order valence-electron chi connectivity index (χ4n) is 4.58. The number of imidazole rings is 1. The molecule has 6 nitrogen and oxygen atoms in total. The van der Waals surface area contributed by atoms with Crippen molar-refractivity contribution in [2.45, 2.75) is 13.5 Å². The van der Waals surface area contributed by atoms with Gasteiger partial charge in [0.25, 0.3) is 0 Å². The van der Waals surface area contributed by atoms with Gasteiger partial charge < -0.3 is 19.9 Å².